The first-order chi connectivity index (χ1) is 7.48. The maximum absolute atomic E-state index is 11.3. The molecule has 4 nitrogen and oxygen atoms in total. The van der Waals surface area contributed by atoms with Crippen molar-refractivity contribution in [2.24, 2.45) is 5.73 Å². The molecule has 1 amide bonds. The standard InChI is InChI=1S/C11H23N3OS/c1-11(2,10(12)15)14-7-5-13(6-8-14)4-3-9-16/h16H,3-9H2,1-2H3,(H2,12,15). The van der Waals surface area contributed by atoms with Gasteiger partial charge in [-0.15, -0.1) is 0 Å². The van der Waals surface area contributed by atoms with Crippen LogP contribution in [0.1, 0.15) is 20.3 Å². The van der Waals surface area contributed by atoms with E-state index in [1.165, 1.54) is 0 Å². The first-order valence-electron chi connectivity index (χ1n) is 5.86. The molecule has 1 heterocycles. The van der Waals surface area contributed by atoms with Crippen molar-refractivity contribution in [1.82, 2.24) is 9.80 Å². The summed E-state index contributed by atoms with van der Waals surface area (Å²) >= 11 is 4.21. The Hall–Kier alpha value is -0.260. The van der Waals surface area contributed by atoms with Gasteiger partial charge in [-0.3, -0.25) is 9.69 Å². The molecule has 0 atom stereocenters. The lowest BCUT2D eigenvalue weighted by Crippen LogP contribution is -2.59. The Morgan fingerprint density at radius 1 is 1.31 bits per heavy atom. The molecule has 0 saturated carbocycles. The number of amides is 1. The molecule has 1 aliphatic rings. The number of hydrogen-bond acceptors (Lipinski definition) is 4. The van der Waals surface area contributed by atoms with Crippen molar-refractivity contribution in [3.05, 3.63) is 0 Å². The van der Waals surface area contributed by atoms with Crippen LogP contribution in [0.4, 0.5) is 0 Å². The number of nitrogens with zero attached hydrogens (tertiary/aromatic N) is 2. The van der Waals surface area contributed by atoms with E-state index in [4.69, 9.17) is 5.73 Å². The fourth-order valence-electron chi connectivity index (χ4n) is 1.98. The molecule has 0 spiro atoms. The van der Waals surface area contributed by atoms with E-state index in [0.29, 0.717) is 0 Å². The summed E-state index contributed by atoms with van der Waals surface area (Å²) in [5.41, 5.74) is 4.89. The van der Waals surface area contributed by atoms with Gasteiger partial charge in [-0.2, -0.15) is 12.6 Å². The van der Waals surface area contributed by atoms with Crippen LogP contribution in [-0.2, 0) is 4.79 Å². The summed E-state index contributed by atoms with van der Waals surface area (Å²) < 4.78 is 0. The van der Waals surface area contributed by atoms with Gasteiger partial charge >= 0.3 is 0 Å². The molecule has 2 N–H and O–H groups in total. The first kappa shape index (κ1) is 13.8. The monoisotopic (exact) mass is 245 g/mol. The third kappa shape index (κ3) is 3.37. The van der Waals surface area contributed by atoms with Gasteiger partial charge in [-0.05, 0) is 32.6 Å². The van der Waals surface area contributed by atoms with E-state index in [1.807, 2.05) is 13.8 Å². The number of thiol groups is 1. The zero-order valence-corrected chi connectivity index (χ0v) is 11.2. The molecule has 5 heteroatoms. The Bertz CT molecular complexity index is 237. The summed E-state index contributed by atoms with van der Waals surface area (Å²) in [5.74, 6) is 0.698. The lowest BCUT2D eigenvalue weighted by molar-refractivity contribution is -0.129. The van der Waals surface area contributed by atoms with Crippen molar-refractivity contribution in [3.63, 3.8) is 0 Å². The second-order valence-electron chi connectivity index (χ2n) is 4.83. The van der Waals surface area contributed by atoms with Gasteiger partial charge in [0.25, 0.3) is 0 Å². The van der Waals surface area contributed by atoms with Crippen molar-refractivity contribution in [2.75, 3.05) is 38.5 Å². The normalized spacial score (nSPS) is 19.9. The van der Waals surface area contributed by atoms with E-state index in [9.17, 15) is 4.79 Å². The van der Waals surface area contributed by atoms with Crippen LogP contribution < -0.4 is 5.73 Å². The quantitative estimate of drug-likeness (QED) is 0.680. The van der Waals surface area contributed by atoms with E-state index in [-0.39, 0.29) is 5.91 Å². The van der Waals surface area contributed by atoms with Gasteiger partial charge in [0.15, 0.2) is 0 Å². The Morgan fingerprint density at radius 3 is 2.31 bits per heavy atom. The number of carbonyl (C=O) groups excluding carboxylic acids is 1. The maximum atomic E-state index is 11.3. The van der Waals surface area contributed by atoms with E-state index in [0.717, 1.165) is 44.9 Å². The third-order valence-electron chi connectivity index (χ3n) is 3.40. The van der Waals surface area contributed by atoms with Crippen LogP contribution in [0.15, 0.2) is 0 Å². The lowest BCUT2D eigenvalue weighted by atomic mass is 10.0. The van der Waals surface area contributed by atoms with Gasteiger partial charge in [0.2, 0.25) is 5.91 Å². The minimum absolute atomic E-state index is 0.240. The predicted octanol–water partition coefficient (Wildman–Crippen LogP) is 0.188. The van der Waals surface area contributed by atoms with Crippen molar-refractivity contribution in [2.45, 2.75) is 25.8 Å². The number of piperazine rings is 1. The fourth-order valence-corrected chi connectivity index (χ4v) is 2.12. The second kappa shape index (κ2) is 5.89. The van der Waals surface area contributed by atoms with Crippen LogP contribution in [0.3, 0.4) is 0 Å². The van der Waals surface area contributed by atoms with Crippen molar-refractivity contribution in [1.29, 1.82) is 0 Å². The molecule has 0 unspecified atom stereocenters. The SMILES string of the molecule is CC(C)(C(N)=O)N1CCN(CCCS)CC1. The number of rotatable bonds is 5. The topological polar surface area (TPSA) is 49.6 Å². The summed E-state index contributed by atoms with van der Waals surface area (Å²) in [7, 11) is 0. The number of primary amides is 1. The highest BCUT2D eigenvalue weighted by molar-refractivity contribution is 7.80. The highest BCUT2D eigenvalue weighted by atomic mass is 32.1. The fraction of sp³-hybridized carbons (Fsp3) is 0.909. The Kier molecular flexibility index (Phi) is 5.08. The average molecular weight is 245 g/mol. The average Bonchev–Trinajstić information content (AvgIpc) is 2.26. The molecule has 0 radical (unpaired) electrons. The number of nitrogens with two attached hydrogens (primary N) is 1. The van der Waals surface area contributed by atoms with Crippen molar-refractivity contribution in [3.8, 4) is 0 Å². The molecule has 1 rings (SSSR count). The minimum Gasteiger partial charge on any atom is -0.368 e. The van der Waals surface area contributed by atoms with Crippen molar-refractivity contribution >= 4 is 18.5 Å². The maximum Gasteiger partial charge on any atom is 0.237 e. The highest BCUT2D eigenvalue weighted by Crippen LogP contribution is 2.16. The molecule has 0 aromatic carbocycles. The van der Waals surface area contributed by atoms with Crippen LogP contribution >= 0.6 is 12.6 Å². The van der Waals surface area contributed by atoms with Crippen LogP contribution in [0, 0.1) is 0 Å². The molecule has 0 aromatic heterocycles. The number of hydrogen-bond donors (Lipinski definition) is 2. The summed E-state index contributed by atoms with van der Waals surface area (Å²) in [4.78, 5) is 15.9. The van der Waals surface area contributed by atoms with Crippen molar-refractivity contribution < 1.29 is 4.79 Å². The van der Waals surface area contributed by atoms with Gasteiger partial charge < -0.3 is 10.6 Å². The molecule has 1 aliphatic heterocycles. The van der Waals surface area contributed by atoms with Gasteiger partial charge in [0, 0.05) is 26.2 Å². The highest BCUT2D eigenvalue weighted by Gasteiger charge is 2.34. The van der Waals surface area contributed by atoms with Gasteiger partial charge in [-0.25, -0.2) is 0 Å². The zero-order valence-electron chi connectivity index (χ0n) is 10.3. The molecule has 0 aliphatic carbocycles. The van der Waals surface area contributed by atoms with Crippen LogP contribution in [0.2, 0.25) is 0 Å². The predicted molar refractivity (Wildman–Crippen MR) is 69.8 cm³/mol. The smallest absolute Gasteiger partial charge is 0.237 e. The molecule has 16 heavy (non-hydrogen) atoms. The molecule has 0 bridgehead atoms. The molecule has 94 valence electrons. The molecular weight excluding hydrogens is 222 g/mol. The summed E-state index contributed by atoms with van der Waals surface area (Å²) in [6, 6.07) is 0. The number of carbonyl (C=O) groups is 1. The molecule has 1 saturated heterocycles. The second-order valence-corrected chi connectivity index (χ2v) is 5.28. The molecule has 0 aromatic rings. The van der Waals surface area contributed by atoms with E-state index in [1.54, 1.807) is 0 Å². The zero-order chi connectivity index (χ0) is 12.2. The van der Waals surface area contributed by atoms with Gasteiger partial charge in [-0.1, -0.05) is 0 Å². The van der Waals surface area contributed by atoms with E-state index < -0.39 is 5.54 Å². The lowest BCUT2D eigenvalue weighted by Gasteiger charge is -2.42. The Morgan fingerprint density at radius 2 is 1.88 bits per heavy atom. The van der Waals surface area contributed by atoms with E-state index >= 15 is 0 Å². The third-order valence-corrected chi connectivity index (χ3v) is 3.71. The van der Waals surface area contributed by atoms with Gasteiger partial charge in [0.05, 0.1) is 5.54 Å². The van der Waals surface area contributed by atoms with Gasteiger partial charge in [0.1, 0.15) is 0 Å². The minimum atomic E-state index is -0.518. The molecular formula is C11H23N3OS. The summed E-state index contributed by atoms with van der Waals surface area (Å²) in [6.07, 6.45) is 1.13. The van der Waals surface area contributed by atoms with E-state index in [2.05, 4.69) is 22.4 Å². The Labute approximate surface area is 104 Å². The van der Waals surface area contributed by atoms with Crippen LogP contribution in [-0.4, -0.2) is 59.7 Å². The first-order valence-corrected chi connectivity index (χ1v) is 6.50. The van der Waals surface area contributed by atoms with Crippen LogP contribution in [0.25, 0.3) is 0 Å². The summed E-state index contributed by atoms with van der Waals surface area (Å²) in [6.45, 7) is 8.78. The Balaban J connectivity index is 2.40. The molecule has 1 fully saturated rings. The summed E-state index contributed by atoms with van der Waals surface area (Å²) in [5, 5.41) is 0. The van der Waals surface area contributed by atoms with Crippen LogP contribution in [0.5, 0.6) is 0 Å². The largest absolute Gasteiger partial charge is 0.368 e.